The third-order valence-electron chi connectivity index (χ3n) is 4.30. The molecule has 0 unspecified atom stereocenters. The van der Waals surface area contributed by atoms with E-state index in [4.69, 9.17) is 11.6 Å². The number of aryl methyl sites for hydroxylation is 1. The van der Waals surface area contributed by atoms with Gasteiger partial charge in [0.1, 0.15) is 5.82 Å². The average molecular weight is 368 g/mol. The van der Waals surface area contributed by atoms with Gasteiger partial charge in [-0.1, -0.05) is 72.3 Å². The number of carbonyl (C=O) groups is 1. The predicted octanol–water partition coefficient (Wildman–Crippen LogP) is 5.24. The SMILES string of the molecule is Cc1ccccc1[C@@H](NC(=O)Cc1ccc(Cl)cc1F)c1ccccc1. The molecule has 0 aliphatic carbocycles. The molecule has 1 amide bonds. The summed E-state index contributed by atoms with van der Waals surface area (Å²) in [7, 11) is 0. The fourth-order valence-electron chi connectivity index (χ4n) is 2.95. The second-order valence-electron chi connectivity index (χ2n) is 6.18. The number of halogens is 2. The van der Waals surface area contributed by atoms with E-state index in [0.717, 1.165) is 16.7 Å². The number of amides is 1. The van der Waals surface area contributed by atoms with Crippen molar-refractivity contribution in [3.63, 3.8) is 0 Å². The van der Waals surface area contributed by atoms with Crippen molar-refractivity contribution in [1.29, 1.82) is 0 Å². The Hall–Kier alpha value is -2.65. The Bertz CT molecular complexity index is 911. The second kappa shape index (κ2) is 8.15. The normalized spacial score (nSPS) is 11.8. The first-order valence-electron chi connectivity index (χ1n) is 8.38. The van der Waals surface area contributed by atoms with E-state index in [9.17, 15) is 9.18 Å². The number of nitrogens with one attached hydrogen (secondary N) is 1. The van der Waals surface area contributed by atoms with Crippen LogP contribution in [-0.4, -0.2) is 5.91 Å². The van der Waals surface area contributed by atoms with Gasteiger partial charge < -0.3 is 5.32 Å². The zero-order valence-corrected chi connectivity index (χ0v) is 15.1. The molecule has 4 heteroatoms. The molecule has 0 aliphatic rings. The summed E-state index contributed by atoms with van der Waals surface area (Å²) in [6.45, 7) is 2.01. The highest BCUT2D eigenvalue weighted by molar-refractivity contribution is 6.30. The molecule has 0 aromatic heterocycles. The first-order valence-corrected chi connectivity index (χ1v) is 8.76. The Morgan fingerprint density at radius 1 is 1.04 bits per heavy atom. The Morgan fingerprint density at radius 3 is 2.42 bits per heavy atom. The van der Waals surface area contributed by atoms with Gasteiger partial charge >= 0.3 is 0 Å². The molecule has 2 nitrogen and oxygen atoms in total. The van der Waals surface area contributed by atoms with Gasteiger partial charge in [0.15, 0.2) is 0 Å². The Kier molecular flexibility index (Phi) is 5.69. The first kappa shape index (κ1) is 18.2. The molecule has 3 rings (SSSR count). The van der Waals surface area contributed by atoms with Crippen LogP contribution in [0.3, 0.4) is 0 Å². The van der Waals surface area contributed by atoms with Crippen molar-refractivity contribution in [1.82, 2.24) is 5.32 Å². The standard InChI is InChI=1S/C22H19ClFNO/c1-15-7-5-6-10-19(15)22(16-8-3-2-4-9-16)25-21(26)13-17-11-12-18(23)14-20(17)24/h2-12,14,22H,13H2,1H3,(H,25,26)/t22-/m0/s1. The quantitative estimate of drug-likeness (QED) is 0.656. The lowest BCUT2D eigenvalue weighted by molar-refractivity contribution is -0.121. The zero-order chi connectivity index (χ0) is 18.5. The molecule has 1 N–H and O–H groups in total. The molecule has 0 fully saturated rings. The van der Waals surface area contributed by atoms with Gasteiger partial charge in [-0.3, -0.25) is 4.79 Å². The van der Waals surface area contributed by atoms with E-state index in [1.54, 1.807) is 12.1 Å². The zero-order valence-electron chi connectivity index (χ0n) is 14.4. The van der Waals surface area contributed by atoms with Crippen LogP contribution in [0.5, 0.6) is 0 Å². The van der Waals surface area contributed by atoms with Gasteiger partial charge in [-0.15, -0.1) is 0 Å². The molecule has 3 aromatic carbocycles. The fraction of sp³-hybridized carbons (Fsp3) is 0.136. The van der Waals surface area contributed by atoms with Crippen LogP contribution in [-0.2, 0) is 11.2 Å². The van der Waals surface area contributed by atoms with Gasteiger partial charge in [0.05, 0.1) is 12.5 Å². The summed E-state index contributed by atoms with van der Waals surface area (Å²) in [4.78, 5) is 12.6. The van der Waals surface area contributed by atoms with Crippen LogP contribution in [0.25, 0.3) is 0 Å². The molecular formula is C22H19ClFNO. The Balaban J connectivity index is 1.86. The summed E-state index contributed by atoms with van der Waals surface area (Å²) in [5.41, 5.74) is 3.40. The number of rotatable bonds is 5. The number of carbonyl (C=O) groups excluding carboxylic acids is 1. The number of benzene rings is 3. The highest BCUT2D eigenvalue weighted by Gasteiger charge is 2.19. The van der Waals surface area contributed by atoms with Crippen LogP contribution in [0.2, 0.25) is 5.02 Å². The van der Waals surface area contributed by atoms with Crippen molar-refractivity contribution in [2.24, 2.45) is 0 Å². The third-order valence-corrected chi connectivity index (χ3v) is 4.54. The number of hydrogen-bond donors (Lipinski definition) is 1. The van der Waals surface area contributed by atoms with Crippen LogP contribution in [0, 0.1) is 12.7 Å². The van der Waals surface area contributed by atoms with Gasteiger partial charge in [-0.25, -0.2) is 4.39 Å². The topological polar surface area (TPSA) is 29.1 Å². The molecular weight excluding hydrogens is 349 g/mol. The van der Waals surface area contributed by atoms with Gasteiger partial charge in [-0.2, -0.15) is 0 Å². The molecule has 0 aliphatic heterocycles. The maximum absolute atomic E-state index is 14.0. The van der Waals surface area contributed by atoms with Crippen molar-refractivity contribution in [2.75, 3.05) is 0 Å². The van der Waals surface area contributed by atoms with Crippen molar-refractivity contribution in [2.45, 2.75) is 19.4 Å². The van der Waals surface area contributed by atoms with E-state index in [0.29, 0.717) is 10.6 Å². The summed E-state index contributed by atoms with van der Waals surface area (Å²) in [6.07, 6.45) is -0.0434. The van der Waals surface area contributed by atoms with Crippen molar-refractivity contribution in [3.8, 4) is 0 Å². The lowest BCUT2D eigenvalue weighted by atomic mass is 9.94. The fourth-order valence-corrected chi connectivity index (χ4v) is 3.11. The highest BCUT2D eigenvalue weighted by atomic mass is 35.5. The first-order chi connectivity index (χ1) is 12.5. The van der Waals surface area contributed by atoms with Gasteiger partial charge in [-0.05, 0) is 41.3 Å². The molecule has 0 saturated carbocycles. The largest absolute Gasteiger partial charge is 0.345 e. The molecule has 0 heterocycles. The molecule has 0 saturated heterocycles. The summed E-state index contributed by atoms with van der Waals surface area (Å²) in [5, 5.41) is 3.36. The summed E-state index contributed by atoms with van der Waals surface area (Å²) in [6, 6.07) is 21.7. The smallest absolute Gasteiger partial charge is 0.225 e. The van der Waals surface area contributed by atoms with Crippen LogP contribution in [0.1, 0.15) is 28.3 Å². The number of hydrogen-bond acceptors (Lipinski definition) is 1. The molecule has 0 spiro atoms. The van der Waals surface area contributed by atoms with E-state index in [1.165, 1.54) is 6.07 Å². The van der Waals surface area contributed by atoms with Crippen LogP contribution < -0.4 is 5.32 Å². The van der Waals surface area contributed by atoms with Crippen LogP contribution >= 0.6 is 11.6 Å². The lowest BCUT2D eigenvalue weighted by Crippen LogP contribution is -2.31. The lowest BCUT2D eigenvalue weighted by Gasteiger charge is -2.22. The van der Waals surface area contributed by atoms with Gasteiger partial charge in [0, 0.05) is 5.02 Å². The molecule has 132 valence electrons. The van der Waals surface area contributed by atoms with E-state index in [2.05, 4.69) is 5.32 Å². The highest BCUT2D eigenvalue weighted by Crippen LogP contribution is 2.25. The van der Waals surface area contributed by atoms with E-state index in [1.807, 2.05) is 61.5 Å². The minimum Gasteiger partial charge on any atom is -0.345 e. The molecule has 3 aromatic rings. The average Bonchev–Trinajstić information content (AvgIpc) is 2.63. The Morgan fingerprint density at radius 2 is 1.73 bits per heavy atom. The van der Waals surface area contributed by atoms with Crippen molar-refractivity contribution >= 4 is 17.5 Å². The minimum absolute atomic E-state index is 0.0434. The third kappa shape index (κ3) is 4.30. The molecule has 0 radical (unpaired) electrons. The minimum atomic E-state index is -0.472. The summed E-state index contributed by atoms with van der Waals surface area (Å²) in [5.74, 6) is -0.719. The maximum atomic E-state index is 14.0. The molecule has 0 bridgehead atoms. The molecule has 1 atom stereocenters. The van der Waals surface area contributed by atoms with Gasteiger partial charge in [0.2, 0.25) is 5.91 Å². The Labute approximate surface area is 157 Å². The predicted molar refractivity (Wildman–Crippen MR) is 103 cm³/mol. The second-order valence-corrected chi connectivity index (χ2v) is 6.62. The summed E-state index contributed by atoms with van der Waals surface area (Å²) >= 11 is 5.77. The van der Waals surface area contributed by atoms with Crippen LogP contribution in [0.15, 0.2) is 72.8 Å². The summed E-state index contributed by atoms with van der Waals surface area (Å²) < 4.78 is 14.0. The van der Waals surface area contributed by atoms with E-state index >= 15 is 0 Å². The van der Waals surface area contributed by atoms with Crippen molar-refractivity contribution < 1.29 is 9.18 Å². The monoisotopic (exact) mass is 367 g/mol. The van der Waals surface area contributed by atoms with E-state index in [-0.39, 0.29) is 18.4 Å². The maximum Gasteiger partial charge on any atom is 0.225 e. The van der Waals surface area contributed by atoms with Crippen LogP contribution in [0.4, 0.5) is 4.39 Å². The van der Waals surface area contributed by atoms with Crippen molar-refractivity contribution in [3.05, 3.63) is 106 Å². The van der Waals surface area contributed by atoms with E-state index < -0.39 is 5.82 Å². The molecule has 26 heavy (non-hydrogen) atoms. The van der Waals surface area contributed by atoms with Gasteiger partial charge in [0.25, 0.3) is 0 Å².